The van der Waals surface area contributed by atoms with Crippen molar-refractivity contribution >= 4 is 5.91 Å². The number of hydrogen-bond donors (Lipinski definition) is 2. The first-order chi connectivity index (χ1) is 10.3. The lowest BCUT2D eigenvalue weighted by atomic mass is 9.87. The standard InChI is InChI=1S/C17H25NO3/c19-16-11-9-15(10-12-16)17(20)18-21-13-5-4-8-14-6-2-1-3-7-14/h1-3,6-7,15-16,19H,4-5,8-13H2,(H,18,20). The van der Waals surface area contributed by atoms with E-state index in [0.717, 1.165) is 44.9 Å². The van der Waals surface area contributed by atoms with Gasteiger partial charge in [0.2, 0.25) is 5.91 Å². The largest absolute Gasteiger partial charge is 0.393 e. The van der Waals surface area contributed by atoms with Gasteiger partial charge in [0, 0.05) is 5.92 Å². The Labute approximate surface area is 126 Å². The van der Waals surface area contributed by atoms with Crippen LogP contribution >= 0.6 is 0 Å². The van der Waals surface area contributed by atoms with Crippen LogP contribution in [0.15, 0.2) is 30.3 Å². The summed E-state index contributed by atoms with van der Waals surface area (Å²) in [6, 6.07) is 10.4. The zero-order valence-corrected chi connectivity index (χ0v) is 12.5. The molecule has 1 aromatic carbocycles. The van der Waals surface area contributed by atoms with Crippen LogP contribution in [0.4, 0.5) is 0 Å². The fourth-order valence-electron chi connectivity index (χ4n) is 2.69. The Balaban J connectivity index is 1.50. The quantitative estimate of drug-likeness (QED) is 0.600. The van der Waals surface area contributed by atoms with Crippen molar-refractivity contribution in [1.29, 1.82) is 0 Å². The number of aliphatic hydroxyl groups is 1. The highest BCUT2D eigenvalue weighted by Crippen LogP contribution is 2.24. The van der Waals surface area contributed by atoms with Crippen LogP contribution in [0.3, 0.4) is 0 Å². The molecule has 2 rings (SSSR count). The van der Waals surface area contributed by atoms with E-state index in [9.17, 15) is 9.90 Å². The van der Waals surface area contributed by atoms with Gasteiger partial charge < -0.3 is 5.11 Å². The van der Waals surface area contributed by atoms with Gasteiger partial charge in [-0.25, -0.2) is 5.48 Å². The van der Waals surface area contributed by atoms with Crippen LogP contribution in [-0.4, -0.2) is 23.7 Å². The number of rotatable bonds is 7. The molecular formula is C17H25NO3. The molecule has 1 saturated carbocycles. The van der Waals surface area contributed by atoms with E-state index in [4.69, 9.17) is 4.84 Å². The number of carbonyl (C=O) groups is 1. The van der Waals surface area contributed by atoms with Crippen LogP contribution in [0.25, 0.3) is 0 Å². The number of unbranched alkanes of at least 4 members (excludes halogenated alkanes) is 1. The van der Waals surface area contributed by atoms with Crippen LogP contribution < -0.4 is 5.48 Å². The summed E-state index contributed by atoms with van der Waals surface area (Å²) in [6.07, 6.45) is 5.74. The summed E-state index contributed by atoms with van der Waals surface area (Å²) in [4.78, 5) is 17.1. The Morgan fingerprint density at radius 2 is 1.86 bits per heavy atom. The van der Waals surface area contributed by atoms with Gasteiger partial charge in [-0.05, 0) is 50.5 Å². The summed E-state index contributed by atoms with van der Waals surface area (Å²) in [5.74, 6) is -0.0392. The first-order valence-electron chi connectivity index (χ1n) is 7.89. The molecule has 116 valence electrons. The van der Waals surface area contributed by atoms with Gasteiger partial charge in [0.15, 0.2) is 0 Å². The molecule has 0 saturated heterocycles. The van der Waals surface area contributed by atoms with Crippen molar-refractivity contribution in [1.82, 2.24) is 5.48 Å². The van der Waals surface area contributed by atoms with Crippen molar-refractivity contribution in [2.24, 2.45) is 5.92 Å². The molecule has 21 heavy (non-hydrogen) atoms. The number of aryl methyl sites for hydroxylation is 1. The van der Waals surface area contributed by atoms with Crippen LogP contribution in [0.1, 0.15) is 44.1 Å². The molecule has 1 amide bonds. The third kappa shape index (κ3) is 5.86. The summed E-state index contributed by atoms with van der Waals surface area (Å²) in [7, 11) is 0. The Hall–Kier alpha value is -1.39. The minimum absolute atomic E-state index is 0.00211. The third-order valence-electron chi connectivity index (χ3n) is 4.04. The Morgan fingerprint density at radius 3 is 2.57 bits per heavy atom. The predicted molar refractivity (Wildman–Crippen MR) is 81.4 cm³/mol. The van der Waals surface area contributed by atoms with E-state index in [1.165, 1.54) is 5.56 Å². The van der Waals surface area contributed by atoms with Crippen LogP contribution in [0, 0.1) is 5.92 Å². The van der Waals surface area contributed by atoms with Gasteiger partial charge in [-0.1, -0.05) is 30.3 Å². The summed E-state index contributed by atoms with van der Waals surface area (Å²) in [6.45, 7) is 0.550. The molecule has 4 heteroatoms. The van der Waals surface area contributed by atoms with E-state index >= 15 is 0 Å². The molecule has 2 N–H and O–H groups in total. The van der Waals surface area contributed by atoms with E-state index in [-0.39, 0.29) is 17.9 Å². The van der Waals surface area contributed by atoms with Crippen molar-refractivity contribution in [2.45, 2.75) is 51.0 Å². The molecule has 0 bridgehead atoms. The molecule has 1 fully saturated rings. The number of hydrogen-bond acceptors (Lipinski definition) is 3. The van der Waals surface area contributed by atoms with Crippen molar-refractivity contribution in [3.8, 4) is 0 Å². The maximum absolute atomic E-state index is 11.8. The lowest BCUT2D eigenvalue weighted by molar-refractivity contribution is -0.139. The molecule has 1 aromatic rings. The van der Waals surface area contributed by atoms with Crippen molar-refractivity contribution in [3.05, 3.63) is 35.9 Å². The van der Waals surface area contributed by atoms with Gasteiger partial charge in [0.25, 0.3) is 0 Å². The van der Waals surface area contributed by atoms with Gasteiger partial charge >= 0.3 is 0 Å². The SMILES string of the molecule is O=C(NOCCCCc1ccccc1)C1CCC(O)CC1. The highest BCUT2D eigenvalue weighted by Gasteiger charge is 2.25. The van der Waals surface area contributed by atoms with E-state index in [1.807, 2.05) is 18.2 Å². The van der Waals surface area contributed by atoms with E-state index in [0.29, 0.717) is 6.61 Å². The second kappa shape index (κ2) is 8.80. The number of amides is 1. The minimum atomic E-state index is -0.229. The topological polar surface area (TPSA) is 58.6 Å². The second-order valence-electron chi connectivity index (χ2n) is 5.76. The van der Waals surface area contributed by atoms with Crippen LogP contribution in [-0.2, 0) is 16.1 Å². The highest BCUT2D eigenvalue weighted by atomic mass is 16.6. The molecule has 0 unspecified atom stereocenters. The maximum Gasteiger partial charge on any atom is 0.246 e. The summed E-state index contributed by atoms with van der Waals surface area (Å²) < 4.78 is 0. The fraction of sp³-hybridized carbons (Fsp3) is 0.588. The zero-order chi connectivity index (χ0) is 14.9. The van der Waals surface area contributed by atoms with Gasteiger partial charge in [-0.15, -0.1) is 0 Å². The second-order valence-corrected chi connectivity index (χ2v) is 5.76. The lowest BCUT2D eigenvalue weighted by Crippen LogP contribution is -2.34. The predicted octanol–water partition coefficient (Wildman–Crippen LogP) is 2.61. The Kier molecular flexibility index (Phi) is 6.70. The average Bonchev–Trinajstić information content (AvgIpc) is 2.52. The minimum Gasteiger partial charge on any atom is -0.393 e. The van der Waals surface area contributed by atoms with E-state index in [2.05, 4.69) is 17.6 Å². The summed E-state index contributed by atoms with van der Waals surface area (Å²) >= 11 is 0. The first-order valence-corrected chi connectivity index (χ1v) is 7.89. The monoisotopic (exact) mass is 291 g/mol. The molecule has 0 aliphatic heterocycles. The third-order valence-corrected chi connectivity index (χ3v) is 4.04. The fourth-order valence-corrected chi connectivity index (χ4v) is 2.69. The summed E-state index contributed by atoms with van der Waals surface area (Å²) in [5, 5.41) is 9.41. The zero-order valence-electron chi connectivity index (χ0n) is 12.5. The molecule has 0 radical (unpaired) electrons. The van der Waals surface area contributed by atoms with E-state index < -0.39 is 0 Å². The van der Waals surface area contributed by atoms with Crippen molar-refractivity contribution < 1.29 is 14.7 Å². The lowest BCUT2D eigenvalue weighted by Gasteiger charge is -2.24. The molecule has 0 aromatic heterocycles. The van der Waals surface area contributed by atoms with Gasteiger partial charge in [0.05, 0.1) is 12.7 Å². The molecule has 1 aliphatic carbocycles. The number of hydroxylamine groups is 1. The van der Waals surface area contributed by atoms with E-state index in [1.54, 1.807) is 0 Å². The van der Waals surface area contributed by atoms with Gasteiger partial charge in [-0.3, -0.25) is 9.63 Å². The molecular weight excluding hydrogens is 266 g/mol. The van der Waals surface area contributed by atoms with Crippen molar-refractivity contribution in [3.63, 3.8) is 0 Å². The molecule has 4 nitrogen and oxygen atoms in total. The van der Waals surface area contributed by atoms with Crippen molar-refractivity contribution in [2.75, 3.05) is 6.61 Å². The molecule has 0 spiro atoms. The number of benzene rings is 1. The average molecular weight is 291 g/mol. The normalized spacial score (nSPS) is 22.0. The summed E-state index contributed by atoms with van der Waals surface area (Å²) in [5.41, 5.74) is 3.88. The van der Waals surface area contributed by atoms with Gasteiger partial charge in [0.1, 0.15) is 0 Å². The first kappa shape index (κ1) is 16.0. The Morgan fingerprint density at radius 1 is 1.14 bits per heavy atom. The van der Waals surface area contributed by atoms with Crippen LogP contribution in [0.2, 0.25) is 0 Å². The molecule has 0 atom stereocenters. The molecule has 1 aliphatic rings. The maximum atomic E-state index is 11.8. The van der Waals surface area contributed by atoms with Crippen LogP contribution in [0.5, 0.6) is 0 Å². The smallest absolute Gasteiger partial charge is 0.246 e. The number of aliphatic hydroxyl groups excluding tert-OH is 1. The highest BCUT2D eigenvalue weighted by molar-refractivity contribution is 5.77. The number of nitrogens with one attached hydrogen (secondary N) is 1. The van der Waals surface area contributed by atoms with Gasteiger partial charge in [-0.2, -0.15) is 0 Å². The number of carbonyl (C=O) groups excluding carboxylic acids is 1. The molecule has 0 heterocycles. The Bertz CT molecular complexity index is 413.